The highest BCUT2D eigenvalue weighted by Crippen LogP contribution is 2.28. The second-order valence-electron chi connectivity index (χ2n) is 7.14. The summed E-state index contributed by atoms with van der Waals surface area (Å²) < 4.78 is 1.67. The fraction of sp³-hybridized carbons (Fsp3) is 0.400. The average Bonchev–Trinajstić information content (AvgIpc) is 3.12. The maximum absolute atomic E-state index is 12.9. The molecule has 2 atom stereocenters. The number of aromatic nitrogens is 4. The first-order valence-corrected chi connectivity index (χ1v) is 9.64. The van der Waals surface area contributed by atoms with E-state index in [-0.39, 0.29) is 11.7 Å². The van der Waals surface area contributed by atoms with Crippen LogP contribution >= 0.6 is 0 Å². The zero-order valence-electron chi connectivity index (χ0n) is 15.8. The molecule has 1 aliphatic carbocycles. The largest absolute Gasteiger partial charge is 0.393 e. The molecule has 3 N–H and O–H groups in total. The molecule has 1 saturated carbocycles. The number of anilines is 3. The molecule has 28 heavy (non-hydrogen) atoms. The van der Waals surface area contributed by atoms with Crippen molar-refractivity contribution >= 4 is 28.4 Å². The highest BCUT2D eigenvalue weighted by Gasteiger charge is 2.23. The summed E-state index contributed by atoms with van der Waals surface area (Å²) >= 11 is 0. The molecule has 8 nitrogen and oxygen atoms in total. The highest BCUT2D eigenvalue weighted by molar-refractivity contribution is 5.93. The number of hydrogen-bond donors (Lipinski definition) is 3. The molecule has 0 bridgehead atoms. The van der Waals surface area contributed by atoms with Crippen LogP contribution in [0.4, 0.5) is 17.6 Å². The van der Waals surface area contributed by atoms with E-state index in [1.54, 1.807) is 29.2 Å². The Morgan fingerprint density at radius 3 is 2.82 bits per heavy atom. The first-order valence-electron chi connectivity index (χ1n) is 9.64. The van der Waals surface area contributed by atoms with Gasteiger partial charge in [0.1, 0.15) is 11.6 Å². The Hall–Kier alpha value is -3.00. The minimum atomic E-state index is -0.225. The van der Waals surface area contributed by atoms with E-state index in [0.29, 0.717) is 42.0 Å². The van der Waals surface area contributed by atoms with E-state index in [1.807, 2.05) is 19.1 Å². The third kappa shape index (κ3) is 3.82. The van der Waals surface area contributed by atoms with Crippen LogP contribution in [0.15, 0.2) is 41.6 Å². The minimum Gasteiger partial charge on any atom is -0.393 e. The SMILES string of the molecule is CCn1ccc2cc(Nc3ncccn3)nc(NC[C@H]3CC[C@H](O)C3)c2c1=O. The number of aryl methyl sites for hydroxylation is 1. The molecule has 3 aromatic heterocycles. The van der Waals surface area contributed by atoms with Gasteiger partial charge in [0.25, 0.3) is 5.56 Å². The first kappa shape index (κ1) is 18.4. The summed E-state index contributed by atoms with van der Waals surface area (Å²) in [6.07, 6.45) is 7.46. The van der Waals surface area contributed by atoms with Gasteiger partial charge >= 0.3 is 0 Å². The van der Waals surface area contributed by atoms with Gasteiger partial charge in [0, 0.05) is 31.7 Å². The molecule has 1 aliphatic rings. The molecule has 0 unspecified atom stereocenters. The molecule has 1 fully saturated rings. The van der Waals surface area contributed by atoms with Crippen LogP contribution in [0, 0.1) is 5.92 Å². The molecule has 146 valence electrons. The van der Waals surface area contributed by atoms with Crippen LogP contribution in [-0.2, 0) is 6.54 Å². The Morgan fingerprint density at radius 1 is 1.29 bits per heavy atom. The third-order valence-corrected chi connectivity index (χ3v) is 5.18. The summed E-state index contributed by atoms with van der Waals surface area (Å²) in [5.41, 5.74) is -0.0658. The van der Waals surface area contributed by atoms with E-state index in [9.17, 15) is 9.90 Å². The van der Waals surface area contributed by atoms with Crippen molar-refractivity contribution in [1.82, 2.24) is 19.5 Å². The summed E-state index contributed by atoms with van der Waals surface area (Å²) in [4.78, 5) is 25.9. The van der Waals surface area contributed by atoms with Crippen LogP contribution in [0.3, 0.4) is 0 Å². The quantitative estimate of drug-likeness (QED) is 0.603. The first-order chi connectivity index (χ1) is 13.6. The lowest BCUT2D eigenvalue weighted by Crippen LogP contribution is -2.21. The van der Waals surface area contributed by atoms with Gasteiger partial charge in [-0.3, -0.25) is 4.79 Å². The van der Waals surface area contributed by atoms with Gasteiger partial charge in [0.2, 0.25) is 5.95 Å². The van der Waals surface area contributed by atoms with E-state index in [0.717, 1.165) is 24.6 Å². The van der Waals surface area contributed by atoms with E-state index in [2.05, 4.69) is 25.6 Å². The van der Waals surface area contributed by atoms with Crippen LogP contribution in [0.2, 0.25) is 0 Å². The van der Waals surface area contributed by atoms with E-state index in [4.69, 9.17) is 0 Å². The third-order valence-electron chi connectivity index (χ3n) is 5.18. The van der Waals surface area contributed by atoms with Gasteiger partial charge < -0.3 is 20.3 Å². The maximum Gasteiger partial charge on any atom is 0.262 e. The van der Waals surface area contributed by atoms with Crippen LogP contribution in [0.25, 0.3) is 10.8 Å². The Bertz CT molecular complexity index is 1020. The molecule has 0 aromatic carbocycles. The standard InChI is InChI=1S/C20H24N6O2/c1-2-26-9-6-14-11-16(25-20-21-7-3-8-22-20)24-18(17(14)19(26)28)23-12-13-4-5-15(27)10-13/h3,6-9,11,13,15,27H,2,4-5,10,12H2,1H3,(H2,21,22,23,24,25)/t13-,15-/m0/s1. The lowest BCUT2D eigenvalue weighted by atomic mass is 10.1. The number of nitrogens with one attached hydrogen (secondary N) is 2. The number of aliphatic hydroxyl groups excluding tert-OH is 1. The van der Waals surface area contributed by atoms with Gasteiger partial charge in [0.15, 0.2) is 0 Å². The van der Waals surface area contributed by atoms with Crippen molar-refractivity contribution in [2.45, 2.75) is 38.8 Å². The molecule has 0 radical (unpaired) electrons. The van der Waals surface area contributed by atoms with Crippen molar-refractivity contribution < 1.29 is 5.11 Å². The van der Waals surface area contributed by atoms with E-state index < -0.39 is 0 Å². The zero-order valence-corrected chi connectivity index (χ0v) is 15.8. The fourth-order valence-electron chi connectivity index (χ4n) is 3.70. The van der Waals surface area contributed by atoms with Crippen molar-refractivity contribution in [3.8, 4) is 0 Å². The summed E-state index contributed by atoms with van der Waals surface area (Å²) in [6.45, 7) is 3.21. The Kier molecular flexibility index (Phi) is 5.21. The van der Waals surface area contributed by atoms with Crippen molar-refractivity contribution in [1.29, 1.82) is 0 Å². The predicted octanol–water partition coefficient (Wildman–Crippen LogP) is 2.52. The normalized spacial score (nSPS) is 19.1. The number of hydrogen-bond acceptors (Lipinski definition) is 7. The molecule has 8 heteroatoms. The second kappa shape index (κ2) is 7.93. The molecule has 0 amide bonds. The van der Waals surface area contributed by atoms with Gasteiger partial charge in [-0.05, 0) is 55.7 Å². The van der Waals surface area contributed by atoms with Gasteiger partial charge in [-0.2, -0.15) is 0 Å². The predicted molar refractivity (Wildman–Crippen MR) is 109 cm³/mol. The van der Waals surface area contributed by atoms with E-state index >= 15 is 0 Å². The monoisotopic (exact) mass is 380 g/mol. The molecular formula is C20H24N6O2. The molecule has 0 saturated heterocycles. The minimum absolute atomic E-state index is 0.0658. The molecule has 4 rings (SSSR count). The maximum atomic E-state index is 12.9. The molecule has 3 heterocycles. The molecule has 3 aromatic rings. The number of aliphatic hydroxyl groups is 1. The Labute approximate surface area is 162 Å². The van der Waals surface area contributed by atoms with Crippen molar-refractivity contribution in [3.05, 3.63) is 47.1 Å². The van der Waals surface area contributed by atoms with Crippen LogP contribution in [-0.4, -0.2) is 37.3 Å². The van der Waals surface area contributed by atoms with Gasteiger partial charge in [-0.25, -0.2) is 15.0 Å². The zero-order chi connectivity index (χ0) is 19.5. The highest BCUT2D eigenvalue weighted by atomic mass is 16.3. The molecule has 0 spiro atoms. The molecule has 0 aliphatic heterocycles. The van der Waals surface area contributed by atoms with E-state index in [1.165, 1.54) is 0 Å². The van der Waals surface area contributed by atoms with Crippen molar-refractivity contribution in [2.75, 3.05) is 17.2 Å². The number of pyridine rings is 2. The number of fused-ring (bicyclic) bond motifs is 1. The van der Waals surface area contributed by atoms with Crippen LogP contribution < -0.4 is 16.2 Å². The van der Waals surface area contributed by atoms with Crippen molar-refractivity contribution in [2.24, 2.45) is 5.92 Å². The van der Waals surface area contributed by atoms with Gasteiger partial charge in [-0.1, -0.05) is 0 Å². The van der Waals surface area contributed by atoms with Crippen LogP contribution in [0.1, 0.15) is 26.2 Å². The van der Waals surface area contributed by atoms with Crippen molar-refractivity contribution in [3.63, 3.8) is 0 Å². The summed E-state index contributed by atoms with van der Waals surface area (Å²) in [5, 5.41) is 17.6. The fourth-order valence-corrected chi connectivity index (χ4v) is 3.70. The van der Waals surface area contributed by atoms with Crippen LogP contribution in [0.5, 0.6) is 0 Å². The topological polar surface area (TPSA) is 105 Å². The number of nitrogens with zero attached hydrogens (tertiary/aromatic N) is 4. The Balaban J connectivity index is 1.70. The summed E-state index contributed by atoms with van der Waals surface area (Å²) in [7, 11) is 0. The molecular weight excluding hydrogens is 356 g/mol. The van der Waals surface area contributed by atoms with Gasteiger partial charge in [0.05, 0.1) is 11.5 Å². The Morgan fingerprint density at radius 2 is 2.11 bits per heavy atom. The lowest BCUT2D eigenvalue weighted by Gasteiger charge is -2.15. The lowest BCUT2D eigenvalue weighted by molar-refractivity contribution is 0.178. The number of rotatable bonds is 6. The second-order valence-corrected chi connectivity index (χ2v) is 7.14. The summed E-state index contributed by atoms with van der Waals surface area (Å²) in [5.74, 6) is 1.94. The van der Waals surface area contributed by atoms with Gasteiger partial charge in [-0.15, -0.1) is 0 Å². The summed E-state index contributed by atoms with van der Waals surface area (Å²) in [6, 6.07) is 5.50. The smallest absolute Gasteiger partial charge is 0.262 e. The average molecular weight is 380 g/mol.